The molecule has 0 spiro atoms. The molecule has 0 bridgehead atoms. The largest absolute Gasteiger partial charge is 0.481 e. The zero-order chi connectivity index (χ0) is 27.4. The lowest BCUT2D eigenvalue weighted by Crippen LogP contribution is -2.50. The standard InChI is InChI=1S/C27H25ClN4O5S/c1-17(13-25(34)35)31(2)27(36)30-26(32(16-33)15-18-7-9-19(28)10-8-18)29-20-11-12-24-22(14-20)21-5-3-4-6-23(21)38(24)37/h3-12,14,16-17H,13,15H2,1-2H3,(H,34,35)(H,29,30,36). The Hall–Kier alpha value is -4.02. The SMILES string of the molecule is CC(CC(=O)O)N(C)C(=O)NC(=Nc1ccc2c(c1)-c1ccccc1S2=O)N(C=O)Cc1ccc(Cl)cc1. The zero-order valence-electron chi connectivity index (χ0n) is 20.6. The van der Waals surface area contributed by atoms with E-state index in [1.807, 2.05) is 24.3 Å². The van der Waals surface area contributed by atoms with Gasteiger partial charge in [-0.05, 0) is 54.4 Å². The van der Waals surface area contributed by atoms with Crippen LogP contribution in [-0.2, 0) is 26.9 Å². The fraction of sp³-hybridized carbons (Fsp3) is 0.185. The van der Waals surface area contributed by atoms with Crippen molar-refractivity contribution in [1.29, 1.82) is 0 Å². The number of fused-ring (bicyclic) bond motifs is 3. The van der Waals surface area contributed by atoms with E-state index in [9.17, 15) is 18.6 Å². The molecule has 0 saturated carbocycles. The number of carbonyl (C=O) groups is 3. The van der Waals surface area contributed by atoms with Crippen molar-refractivity contribution in [2.45, 2.75) is 35.7 Å². The molecule has 0 aliphatic carbocycles. The van der Waals surface area contributed by atoms with E-state index in [2.05, 4.69) is 10.3 Å². The molecule has 38 heavy (non-hydrogen) atoms. The predicted octanol–water partition coefficient (Wildman–Crippen LogP) is 4.64. The summed E-state index contributed by atoms with van der Waals surface area (Å²) in [6, 6.07) is 18.2. The summed E-state index contributed by atoms with van der Waals surface area (Å²) in [4.78, 5) is 44.7. The number of aliphatic imine (C=N–C) groups is 1. The Morgan fingerprint density at radius 2 is 1.76 bits per heavy atom. The summed E-state index contributed by atoms with van der Waals surface area (Å²) in [6.07, 6.45) is 0.298. The molecule has 2 unspecified atom stereocenters. The number of urea groups is 1. The maximum absolute atomic E-state index is 13.0. The van der Waals surface area contributed by atoms with Gasteiger partial charge in [0.05, 0.1) is 39.2 Å². The Morgan fingerprint density at radius 3 is 2.45 bits per heavy atom. The van der Waals surface area contributed by atoms with Gasteiger partial charge in [0, 0.05) is 23.7 Å². The minimum absolute atomic E-state index is 0.0540. The lowest BCUT2D eigenvalue weighted by atomic mass is 10.1. The van der Waals surface area contributed by atoms with Gasteiger partial charge in [0.1, 0.15) is 0 Å². The van der Waals surface area contributed by atoms with Crippen molar-refractivity contribution in [2.75, 3.05) is 7.05 Å². The number of carboxylic acid groups (broad SMARTS) is 1. The normalized spacial score (nSPS) is 14.7. The molecule has 2 atom stereocenters. The molecule has 0 aromatic heterocycles. The van der Waals surface area contributed by atoms with E-state index >= 15 is 0 Å². The number of rotatable bonds is 7. The molecule has 11 heteroatoms. The summed E-state index contributed by atoms with van der Waals surface area (Å²) in [5.41, 5.74) is 2.76. The fourth-order valence-electron chi connectivity index (χ4n) is 3.94. The average molecular weight is 553 g/mol. The highest BCUT2D eigenvalue weighted by molar-refractivity contribution is 7.85. The Morgan fingerprint density at radius 1 is 1.08 bits per heavy atom. The van der Waals surface area contributed by atoms with Crippen LogP contribution < -0.4 is 5.32 Å². The van der Waals surface area contributed by atoms with Crippen molar-refractivity contribution < 1.29 is 23.7 Å². The number of benzene rings is 3. The highest BCUT2D eigenvalue weighted by atomic mass is 35.5. The fourth-order valence-corrected chi connectivity index (χ4v) is 5.44. The van der Waals surface area contributed by atoms with Gasteiger partial charge in [-0.2, -0.15) is 0 Å². The van der Waals surface area contributed by atoms with Crippen molar-refractivity contribution in [3.63, 3.8) is 0 Å². The van der Waals surface area contributed by atoms with E-state index in [1.54, 1.807) is 49.4 Å². The maximum Gasteiger partial charge on any atom is 0.324 e. The molecule has 1 aliphatic heterocycles. The molecule has 9 nitrogen and oxygen atoms in total. The molecular formula is C27H25ClN4O5S. The smallest absolute Gasteiger partial charge is 0.324 e. The second-order valence-electron chi connectivity index (χ2n) is 8.73. The second-order valence-corrected chi connectivity index (χ2v) is 10.6. The molecule has 3 aromatic carbocycles. The van der Waals surface area contributed by atoms with Gasteiger partial charge in [-0.25, -0.2) is 14.0 Å². The predicted molar refractivity (Wildman–Crippen MR) is 145 cm³/mol. The molecule has 196 valence electrons. The van der Waals surface area contributed by atoms with Crippen molar-refractivity contribution in [2.24, 2.45) is 4.99 Å². The number of amides is 3. The van der Waals surface area contributed by atoms with Crippen LogP contribution in [0.15, 0.2) is 81.5 Å². The topological polar surface area (TPSA) is 119 Å². The van der Waals surface area contributed by atoms with E-state index in [-0.39, 0.29) is 18.9 Å². The molecule has 3 aromatic rings. The van der Waals surface area contributed by atoms with Crippen LogP contribution in [-0.4, -0.2) is 56.6 Å². The Balaban J connectivity index is 1.70. The van der Waals surface area contributed by atoms with Gasteiger partial charge in [0.2, 0.25) is 12.4 Å². The van der Waals surface area contributed by atoms with Crippen molar-refractivity contribution >= 4 is 52.5 Å². The average Bonchev–Trinajstić information content (AvgIpc) is 3.18. The van der Waals surface area contributed by atoms with E-state index < -0.39 is 28.8 Å². The third kappa shape index (κ3) is 5.92. The number of aliphatic carboxylic acids is 1. The summed E-state index contributed by atoms with van der Waals surface area (Å²) in [5, 5.41) is 12.3. The van der Waals surface area contributed by atoms with E-state index in [1.165, 1.54) is 16.8 Å². The number of carbonyl (C=O) groups excluding carboxylic acids is 2. The highest BCUT2D eigenvalue weighted by Gasteiger charge is 2.26. The number of hydrogen-bond acceptors (Lipinski definition) is 5. The molecule has 0 saturated heterocycles. The molecule has 3 amide bonds. The number of halogens is 1. The van der Waals surface area contributed by atoms with Gasteiger partial charge in [0.15, 0.2) is 0 Å². The lowest BCUT2D eigenvalue weighted by Gasteiger charge is -2.26. The minimum Gasteiger partial charge on any atom is -0.481 e. The molecule has 2 N–H and O–H groups in total. The van der Waals surface area contributed by atoms with Gasteiger partial charge in [-0.15, -0.1) is 0 Å². The molecule has 4 rings (SSSR count). The van der Waals surface area contributed by atoms with Crippen LogP contribution >= 0.6 is 11.6 Å². The molecule has 1 heterocycles. The van der Waals surface area contributed by atoms with Crippen molar-refractivity contribution in [1.82, 2.24) is 15.1 Å². The van der Waals surface area contributed by atoms with Crippen molar-refractivity contribution in [3.8, 4) is 11.1 Å². The Bertz CT molecular complexity index is 1440. The molecule has 0 radical (unpaired) electrons. The Kier molecular flexibility index (Phi) is 8.23. The number of guanidine groups is 1. The summed E-state index contributed by atoms with van der Waals surface area (Å²) in [6.45, 7) is 1.69. The quantitative estimate of drug-likeness (QED) is 0.197. The van der Waals surface area contributed by atoms with Gasteiger partial charge >= 0.3 is 12.0 Å². The third-order valence-electron chi connectivity index (χ3n) is 6.11. The van der Waals surface area contributed by atoms with Crippen LogP contribution in [0.2, 0.25) is 5.02 Å². The summed E-state index contributed by atoms with van der Waals surface area (Å²) in [7, 11) is 0.156. The Labute approximate surface area is 227 Å². The van der Waals surface area contributed by atoms with Crippen LogP contribution in [0.5, 0.6) is 0 Å². The molecular weight excluding hydrogens is 528 g/mol. The van der Waals surface area contributed by atoms with Gasteiger partial charge in [0.25, 0.3) is 0 Å². The zero-order valence-corrected chi connectivity index (χ0v) is 22.2. The van der Waals surface area contributed by atoms with E-state index in [0.717, 1.165) is 16.7 Å². The molecule has 1 aliphatic rings. The van der Waals surface area contributed by atoms with Crippen LogP contribution in [0.1, 0.15) is 18.9 Å². The summed E-state index contributed by atoms with van der Waals surface area (Å²) >= 11 is 5.98. The monoisotopic (exact) mass is 552 g/mol. The summed E-state index contributed by atoms with van der Waals surface area (Å²) < 4.78 is 12.9. The first-order chi connectivity index (χ1) is 18.2. The first-order valence-corrected chi connectivity index (χ1v) is 13.2. The van der Waals surface area contributed by atoms with E-state index in [0.29, 0.717) is 26.9 Å². The van der Waals surface area contributed by atoms with Crippen LogP contribution in [0.4, 0.5) is 10.5 Å². The number of nitrogens with zero attached hydrogens (tertiary/aromatic N) is 3. The summed E-state index contributed by atoms with van der Waals surface area (Å²) in [5.74, 6) is -1.10. The highest BCUT2D eigenvalue weighted by Crippen LogP contribution is 2.42. The number of nitrogens with one attached hydrogen (secondary N) is 1. The molecule has 0 fully saturated rings. The van der Waals surface area contributed by atoms with Crippen LogP contribution in [0.3, 0.4) is 0 Å². The first-order valence-electron chi connectivity index (χ1n) is 11.6. The maximum atomic E-state index is 13.0. The number of carboxylic acids is 1. The van der Waals surface area contributed by atoms with Crippen molar-refractivity contribution in [3.05, 3.63) is 77.3 Å². The van der Waals surface area contributed by atoms with Crippen LogP contribution in [0.25, 0.3) is 11.1 Å². The third-order valence-corrected chi connectivity index (χ3v) is 7.87. The van der Waals surface area contributed by atoms with E-state index in [4.69, 9.17) is 16.7 Å². The lowest BCUT2D eigenvalue weighted by molar-refractivity contribution is -0.137. The first kappa shape index (κ1) is 27.0. The minimum atomic E-state index is -1.31. The second kappa shape index (κ2) is 11.6. The van der Waals surface area contributed by atoms with Gasteiger partial charge in [-0.3, -0.25) is 19.8 Å². The van der Waals surface area contributed by atoms with Gasteiger partial charge in [-0.1, -0.05) is 41.9 Å². The van der Waals surface area contributed by atoms with Crippen LogP contribution in [0, 0.1) is 0 Å². The van der Waals surface area contributed by atoms with Gasteiger partial charge < -0.3 is 10.0 Å². The number of hydrogen-bond donors (Lipinski definition) is 2.